The maximum Gasteiger partial charge on any atom is 0.302 e. The van der Waals surface area contributed by atoms with Crippen molar-refractivity contribution in [3.63, 3.8) is 0 Å². The van der Waals surface area contributed by atoms with Crippen molar-refractivity contribution in [2.24, 2.45) is 0 Å². The molecule has 0 N–H and O–H groups in total. The average molecular weight is 263 g/mol. The number of benzene rings is 1. The predicted octanol–water partition coefficient (Wildman–Crippen LogP) is 2.03. The molecule has 0 fully saturated rings. The van der Waals surface area contributed by atoms with Gasteiger partial charge in [0, 0.05) is 33.9 Å². The maximum absolute atomic E-state index is 11.6. The number of carbonyl (C=O) groups is 2. The van der Waals surface area contributed by atoms with E-state index in [1.165, 1.54) is 6.92 Å². The van der Waals surface area contributed by atoms with E-state index < -0.39 is 0 Å². The number of carbonyl (C=O) groups excluding carboxylic acids is 2. The number of hydrogen-bond acceptors (Lipinski definition) is 3. The van der Waals surface area contributed by atoms with E-state index in [9.17, 15) is 9.59 Å². The molecular formula is C15H21NO3. The van der Waals surface area contributed by atoms with Crippen LogP contribution in [0.25, 0.3) is 0 Å². The van der Waals surface area contributed by atoms with Gasteiger partial charge in [0.05, 0.1) is 0 Å². The number of esters is 1. The highest BCUT2D eigenvalue weighted by Gasteiger charge is 2.15. The van der Waals surface area contributed by atoms with Crippen LogP contribution in [0.3, 0.4) is 0 Å². The molecule has 0 saturated heterocycles. The molecule has 0 aromatic heterocycles. The van der Waals surface area contributed by atoms with Gasteiger partial charge in [-0.15, -0.1) is 0 Å². The zero-order valence-electron chi connectivity index (χ0n) is 11.8. The zero-order chi connectivity index (χ0) is 14.3. The van der Waals surface area contributed by atoms with Gasteiger partial charge in [0.25, 0.3) is 0 Å². The molecule has 4 heteroatoms. The van der Waals surface area contributed by atoms with Crippen LogP contribution in [0.5, 0.6) is 0 Å². The van der Waals surface area contributed by atoms with Crippen LogP contribution in [0.4, 0.5) is 0 Å². The Kier molecular flexibility index (Phi) is 6.06. The van der Waals surface area contributed by atoms with Gasteiger partial charge in [-0.05, 0) is 12.0 Å². The van der Waals surface area contributed by atoms with Crippen molar-refractivity contribution >= 4 is 11.9 Å². The van der Waals surface area contributed by atoms with Crippen LogP contribution >= 0.6 is 0 Å². The van der Waals surface area contributed by atoms with Crippen molar-refractivity contribution in [1.29, 1.82) is 0 Å². The molecule has 0 spiro atoms. The van der Waals surface area contributed by atoms with Gasteiger partial charge in [-0.2, -0.15) is 0 Å². The minimum atomic E-state index is -0.307. The Balaban J connectivity index is 2.57. The summed E-state index contributed by atoms with van der Waals surface area (Å²) in [6.45, 7) is 1.39. The second kappa shape index (κ2) is 7.56. The molecule has 0 aliphatic carbocycles. The molecule has 1 rings (SSSR count). The van der Waals surface area contributed by atoms with Crippen molar-refractivity contribution in [1.82, 2.24) is 4.90 Å². The highest BCUT2D eigenvalue weighted by Crippen LogP contribution is 2.12. The summed E-state index contributed by atoms with van der Waals surface area (Å²) in [7, 11) is 3.45. The number of ether oxygens (including phenoxy) is 1. The van der Waals surface area contributed by atoms with E-state index in [-0.39, 0.29) is 18.0 Å². The van der Waals surface area contributed by atoms with Crippen molar-refractivity contribution in [3.05, 3.63) is 35.9 Å². The highest BCUT2D eigenvalue weighted by atomic mass is 16.5. The molecule has 0 heterocycles. The SMILES string of the molecule is CC(=O)O[C@@H](CCC(=O)N(C)C)Cc1ccccc1. The molecule has 1 aromatic carbocycles. The standard InChI is InChI=1S/C15H21NO3/c1-12(17)19-14(9-10-15(18)16(2)3)11-13-7-5-4-6-8-13/h4-8,14H,9-11H2,1-3H3/t14-/m0/s1. The molecule has 0 bridgehead atoms. The van der Waals surface area contributed by atoms with Crippen LogP contribution in [-0.4, -0.2) is 37.0 Å². The quantitative estimate of drug-likeness (QED) is 0.738. The highest BCUT2D eigenvalue weighted by molar-refractivity contribution is 5.75. The summed E-state index contributed by atoms with van der Waals surface area (Å²) < 4.78 is 5.27. The third kappa shape index (κ3) is 6.04. The van der Waals surface area contributed by atoms with Crippen LogP contribution in [0.2, 0.25) is 0 Å². The lowest BCUT2D eigenvalue weighted by atomic mass is 10.0. The largest absolute Gasteiger partial charge is 0.462 e. The van der Waals surface area contributed by atoms with Gasteiger partial charge in [-0.25, -0.2) is 0 Å². The Morgan fingerprint density at radius 1 is 1.21 bits per heavy atom. The fraction of sp³-hybridized carbons (Fsp3) is 0.467. The molecule has 0 saturated carbocycles. The zero-order valence-corrected chi connectivity index (χ0v) is 11.8. The van der Waals surface area contributed by atoms with Crippen molar-refractivity contribution < 1.29 is 14.3 Å². The van der Waals surface area contributed by atoms with Crippen LogP contribution in [0.1, 0.15) is 25.3 Å². The van der Waals surface area contributed by atoms with Crippen molar-refractivity contribution in [2.75, 3.05) is 14.1 Å². The van der Waals surface area contributed by atoms with E-state index in [1.807, 2.05) is 30.3 Å². The Morgan fingerprint density at radius 2 is 1.84 bits per heavy atom. The van der Waals surface area contributed by atoms with E-state index in [0.717, 1.165) is 5.56 Å². The number of nitrogens with zero attached hydrogens (tertiary/aromatic N) is 1. The van der Waals surface area contributed by atoms with E-state index >= 15 is 0 Å². The molecular weight excluding hydrogens is 242 g/mol. The van der Waals surface area contributed by atoms with Crippen LogP contribution < -0.4 is 0 Å². The van der Waals surface area contributed by atoms with Gasteiger partial charge in [0.15, 0.2) is 0 Å². The molecule has 1 amide bonds. The van der Waals surface area contributed by atoms with Crippen molar-refractivity contribution in [3.8, 4) is 0 Å². The summed E-state index contributed by atoms with van der Waals surface area (Å²) in [4.78, 5) is 24.2. The summed E-state index contributed by atoms with van der Waals surface area (Å²) in [6.07, 6.45) is 1.33. The average Bonchev–Trinajstić information content (AvgIpc) is 2.36. The molecule has 104 valence electrons. The lowest BCUT2D eigenvalue weighted by Gasteiger charge is -2.18. The fourth-order valence-electron chi connectivity index (χ4n) is 1.82. The summed E-state index contributed by atoms with van der Waals surface area (Å²) in [6, 6.07) is 9.82. The van der Waals surface area contributed by atoms with E-state index in [2.05, 4.69) is 0 Å². The lowest BCUT2D eigenvalue weighted by Crippen LogP contribution is -2.25. The first-order valence-corrected chi connectivity index (χ1v) is 6.40. The third-order valence-electron chi connectivity index (χ3n) is 2.82. The van der Waals surface area contributed by atoms with Crippen molar-refractivity contribution in [2.45, 2.75) is 32.3 Å². The normalized spacial score (nSPS) is 11.7. The number of hydrogen-bond donors (Lipinski definition) is 0. The van der Waals surface area contributed by atoms with Gasteiger partial charge in [0.1, 0.15) is 6.10 Å². The number of amides is 1. The van der Waals surface area contributed by atoms with Crippen LogP contribution in [-0.2, 0) is 20.7 Å². The molecule has 0 aliphatic heterocycles. The first-order valence-electron chi connectivity index (χ1n) is 6.40. The maximum atomic E-state index is 11.6. The molecule has 1 aromatic rings. The van der Waals surface area contributed by atoms with Crippen LogP contribution in [0.15, 0.2) is 30.3 Å². The fourth-order valence-corrected chi connectivity index (χ4v) is 1.82. The second-order valence-electron chi connectivity index (χ2n) is 4.75. The van der Waals surface area contributed by atoms with Gasteiger partial charge in [0.2, 0.25) is 5.91 Å². The molecule has 19 heavy (non-hydrogen) atoms. The summed E-state index contributed by atoms with van der Waals surface area (Å²) >= 11 is 0. The van der Waals surface area contributed by atoms with Gasteiger partial charge >= 0.3 is 5.97 Å². The van der Waals surface area contributed by atoms with E-state index in [1.54, 1.807) is 19.0 Å². The predicted molar refractivity (Wildman–Crippen MR) is 73.6 cm³/mol. The monoisotopic (exact) mass is 263 g/mol. The molecule has 0 radical (unpaired) electrons. The first-order chi connectivity index (χ1) is 8.99. The Morgan fingerprint density at radius 3 is 2.37 bits per heavy atom. The lowest BCUT2D eigenvalue weighted by molar-refractivity contribution is -0.147. The van der Waals surface area contributed by atoms with Gasteiger partial charge in [-0.3, -0.25) is 9.59 Å². The smallest absolute Gasteiger partial charge is 0.302 e. The molecule has 0 aliphatic rings. The Hall–Kier alpha value is -1.84. The minimum Gasteiger partial charge on any atom is -0.462 e. The Labute approximate surface area is 114 Å². The van der Waals surface area contributed by atoms with E-state index in [4.69, 9.17) is 4.74 Å². The minimum absolute atomic E-state index is 0.0465. The molecule has 0 unspecified atom stereocenters. The van der Waals surface area contributed by atoms with Gasteiger partial charge in [-0.1, -0.05) is 30.3 Å². The molecule has 1 atom stereocenters. The summed E-state index contributed by atoms with van der Waals surface area (Å²) in [5.74, 6) is -0.261. The second-order valence-corrected chi connectivity index (χ2v) is 4.75. The third-order valence-corrected chi connectivity index (χ3v) is 2.82. The summed E-state index contributed by atoms with van der Waals surface area (Å²) in [5, 5.41) is 0. The molecule has 4 nitrogen and oxygen atoms in total. The van der Waals surface area contributed by atoms with Gasteiger partial charge < -0.3 is 9.64 Å². The Bertz CT molecular complexity index is 415. The summed E-state index contributed by atoms with van der Waals surface area (Å²) in [5.41, 5.74) is 1.10. The van der Waals surface area contributed by atoms with E-state index in [0.29, 0.717) is 19.3 Å². The topological polar surface area (TPSA) is 46.6 Å². The first kappa shape index (κ1) is 15.2. The number of rotatable bonds is 6. The van der Waals surface area contributed by atoms with Crippen LogP contribution in [0, 0.1) is 0 Å².